The molecule has 2 amide bonds. The molecule has 4 heteroatoms. The number of hydrogen-bond acceptors (Lipinski definition) is 3. The van der Waals surface area contributed by atoms with Crippen LogP contribution in [0.15, 0.2) is 11.1 Å². The van der Waals surface area contributed by atoms with E-state index in [4.69, 9.17) is 5.26 Å². The first-order valence-corrected chi connectivity index (χ1v) is 3.03. The molecule has 1 aliphatic heterocycles. The first-order valence-electron chi connectivity index (χ1n) is 3.03. The van der Waals surface area contributed by atoms with E-state index in [1.165, 1.54) is 14.0 Å². The van der Waals surface area contributed by atoms with E-state index in [0.29, 0.717) is 0 Å². The molecule has 0 saturated heterocycles. The van der Waals surface area contributed by atoms with E-state index in [-0.39, 0.29) is 17.1 Å². The zero-order valence-electron chi connectivity index (χ0n) is 6.21. The highest BCUT2D eigenvalue weighted by Gasteiger charge is 2.32. The fourth-order valence-corrected chi connectivity index (χ4v) is 0.910. The summed E-state index contributed by atoms with van der Waals surface area (Å²) in [7, 11) is 1.36. The van der Waals surface area contributed by atoms with Crippen molar-refractivity contribution < 1.29 is 9.59 Å². The standard InChI is InChI=1S/C7H6N2O2/c1-4-5(3-8)7(11)9(2)6(4)10/h1-2H3. The maximum Gasteiger partial charge on any atom is 0.271 e. The van der Waals surface area contributed by atoms with Crippen LogP contribution in [0.4, 0.5) is 0 Å². The van der Waals surface area contributed by atoms with Crippen LogP contribution in [0, 0.1) is 11.3 Å². The molecule has 11 heavy (non-hydrogen) atoms. The van der Waals surface area contributed by atoms with Crippen molar-refractivity contribution in [2.24, 2.45) is 0 Å². The van der Waals surface area contributed by atoms with E-state index in [9.17, 15) is 9.59 Å². The molecular weight excluding hydrogens is 144 g/mol. The van der Waals surface area contributed by atoms with E-state index in [1.54, 1.807) is 6.07 Å². The second-order valence-electron chi connectivity index (χ2n) is 2.28. The summed E-state index contributed by atoms with van der Waals surface area (Å²) in [5.74, 6) is -0.887. The van der Waals surface area contributed by atoms with Crippen molar-refractivity contribution in [3.8, 4) is 6.07 Å². The van der Waals surface area contributed by atoms with E-state index >= 15 is 0 Å². The summed E-state index contributed by atoms with van der Waals surface area (Å²) in [6.07, 6.45) is 0. The maximum atomic E-state index is 11.0. The SMILES string of the molecule is CC1=C(C#N)C(=O)N(C)C1=O. The summed E-state index contributed by atoms with van der Waals surface area (Å²) in [6, 6.07) is 1.69. The third-order valence-corrected chi connectivity index (χ3v) is 1.63. The molecule has 0 aromatic rings. The topological polar surface area (TPSA) is 61.2 Å². The molecule has 0 atom stereocenters. The van der Waals surface area contributed by atoms with Crippen LogP contribution >= 0.6 is 0 Å². The van der Waals surface area contributed by atoms with Crippen molar-refractivity contribution >= 4 is 11.8 Å². The summed E-state index contributed by atoms with van der Waals surface area (Å²) in [5.41, 5.74) is 0.192. The number of imide groups is 1. The van der Waals surface area contributed by atoms with Gasteiger partial charge in [0.05, 0.1) is 0 Å². The average Bonchev–Trinajstić information content (AvgIpc) is 2.17. The highest BCUT2D eigenvalue weighted by Crippen LogP contribution is 2.17. The molecule has 4 nitrogen and oxygen atoms in total. The van der Waals surface area contributed by atoms with Gasteiger partial charge in [0, 0.05) is 12.6 Å². The number of nitrogens with zero attached hydrogens (tertiary/aromatic N) is 2. The van der Waals surface area contributed by atoms with Crippen LogP contribution in [-0.2, 0) is 9.59 Å². The zero-order valence-corrected chi connectivity index (χ0v) is 6.21. The Morgan fingerprint density at radius 3 is 2.09 bits per heavy atom. The Morgan fingerprint density at radius 1 is 1.36 bits per heavy atom. The molecule has 0 fully saturated rings. The van der Waals surface area contributed by atoms with Gasteiger partial charge in [0.15, 0.2) is 0 Å². The van der Waals surface area contributed by atoms with Gasteiger partial charge in [0.1, 0.15) is 11.6 Å². The van der Waals surface area contributed by atoms with Gasteiger partial charge in [0.25, 0.3) is 11.8 Å². The molecule has 1 rings (SSSR count). The third-order valence-electron chi connectivity index (χ3n) is 1.63. The smallest absolute Gasteiger partial charge is 0.271 e. The highest BCUT2D eigenvalue weighted by atomic mass is 16.2. The lowest BCUT2D eigenvalue weighted by Gasteiger charge is -2.03. The second kappa shape index (κ2) is 2.20. The summed E-state index contributed by atoms with van der Waals surface area (Å²) in [5, 5.41) is 8.43. The Kier molecular flexibility index (Phi) is 1.50. The van der Waals surface area contributed by atoms with E-state index in [2.05, 4.69) is 0 Å². The van der Waals surface area contributed by atoms with Gasteiger partial charge in [-0.3, -0.25) is 14.5 Å². The van der Waals surface area contributed by atoms with Crippen LogP contribution in [-0.4, -0.2) is 23.8 Å². The predicted octanol–water partition coefficient (Wildman–Crippen LogP) is -0.175. The fourth-order valence-electron chi connectivity index (χ4n) is 0.910. The first-order chi connectivity index (χ1) is 5.09. The quantitative estimate of drug-likeness (QED) is 0.450. The van der Waals surface area contributed by atoms with Gasteiger partial charge < -0.3 is 0 Å². The molecule has 0 saturated carbocycles. The van der Waals surface area contributed by atoms with E-state index < -0.39 is 5.91 Å². The van der Waals surface area contributed by atoms with Gasteiger partial charge >= 0.3 is 0 Å². The Morgan fingerprint density at radius 2 is 1.91 bits per heavy atom. The van der Waals surface area contributed by atoms with Gasteiger partial charge in [-0.25, -0.2) is 0 Å². The number of carbonyl (C=O) groups excluding carboxylic acids is 2. The van der Waals surface area contributed by atoms with Gasteiger partial charge in [-0.1, -0.05) is 0 Å². The second-order valence-corrected chi connectivity index (χ2v) is 2.28. The van der Waals surface area contributed by atoms with E-state index in [0.717, 1.165) is 4.90 Å². The van der Waals surface area contributed by atoms with Crippen molar-refractivity contribution in [2.45, 2.75) is 6.92 Å². The number of rotatable bonds is 0. The molecule has 1 heterocycles. The molecule has 0 aromatic carbocycles. The van der Waals surface area contributed by atoms with Gasteiger partial charge in [-0.2, -0.15) is 5.26 Å². The molecular formula is C7H6N2O2. The highest BCUT2D eigenvalue weighted by molar-refractivity contribution is 6.20. The molecule has 56 valence electrons. The Bertz CT molecular complexity index is 309. The Hall–Kier alpha value is -1.63. The van der Waals surface area contributed by atoms with Crippen LogP contribution in [0.1, 0.15) is 6.92 Å². The molecule has 0 aliphatic carbocycles. The van der Waals surface area contributed by atoms with E-state index in [1.807, 2.05) is 0 Å². The Labute approximate surface area is 63.7 Å². The van der Waals surface area contributed by atoms with Crippen LogP contribution in [0.3, 0.4) is 0 Å². The minimum Gasteiger partial charge on any atom is -0.277 e. The number of likely N-dealkylation sites (N-methyl/N-ethyl adjacent to an activating group) is 1. The first kappa shape index (κ1) is 7.48. The molecule has 0 radical (unpaired) electrons. The number of hydrogen-bond donors (Lipinski definition) is 0. The number of nitriles is 1. The summed E-state index contributed by atoms with van der Waals surface area (Å²) in [4.78, 5) is 22.9. The fraction of sp³-hybridized carbons (Fsp3) is 0.286. The van der Waals surface area contributed by atoms with Crippen molar-refractivity contribution in [2.75, 3.05) is 7.05 Å². The largest absolute Gasteiger partial charge is 0.277 e. The molecule has 1 aliphatic rings. The van der Waals surface area contributed by atoms with Crippen molar-refractivity contribution in [1.29, 1.82) is 5.26 Å². The van der Waals surface area contributed by atoms with Crippen LogP contribution in [0.25, 0.3) is 0 Å². The number of amides is 2. The zero-order chi connectivity index (χ0) is 8.59. The lowest BCUT2D eigenvalue weighted by Crippen LogP contribution is -2.26. The molecule has 0 spiro atoms. The van der Waals surface area contributed by atoms with Crippen molar-refractivity contribution in [3.05, 3.63) is 11.1 Å². The molecule has 0 unspecified atom stereocenters. The van der Waals surface area contributed by atoms with Gasteiger partial charge in [-0.15, -0.1) is 0 Å². The van der Waals surface area contributed by atoms with Gasteiger partial charge in [0.2, 0.25) is 0 Å². The lowest BCUT2D eigenvalue weighted by molar-refractivity contribution is -0.135. The number of carbonyl (C=O) groups is 2. The van der Waals surface area contributed by atoms with Gasteiger partial charge in [-0.05, 0) is 6.92 Å². The summed E-state index contributed by atoms with van der Waals surface area (Å²) < 4.78 is 0. The lowest BCUT2D eigenvalue weighted by atomic mass is 10.2. The average molecular weight is 150 g/mol. The maximum absolute atomic E-state index is 11.0. The molecule has 0 bridgehead atoms. The summed E-state index contributed by atoms with van der Waals surface area (Å²) >= 11 is 0. The molecule has 0 N–H and O–H groups in total. The van der Waals surface area contributed by atoms with Crippen LogP contribution < -0.4 is 0 Å². The van der Waals surface area contributed by atoms with Crippen LogP contribution in [0.5, 0.6) is 0 Å². The Balaban J connectivity index is 3.21. The van der Waals surface area contributed by atoms with Crippen molar-refractivity contribution in [1.82, 2.24) is 4.90 Å². The molecule has 0 aromatic heterocycles. The monoisotopic (exact) mass is 150 g/mol. The van der Waals surface area contributed by atoms with Crippen LogP contribution in [0.2, 0.25) is 0 Å². The normalized spacial score (nSPS) is 17.7. The minimum atomic E-state index is -0.505. The third kappa shape index (κ3) is 0.819. The summed E-state index contributed by atoms with van der Waals surface area (Å²) in [6.45, 7) is 1.47. The minimum absolute atomic E-state index is 0.0440. The predicted molar refractivity (Wildman–Crippen MR) is 36.1 cm³/mol. The van der Waals surface area contributed by atoms with Crippen molar-refractivity contribution in [3.63, 3.8) is 0 Å².